The maximum Gasteiger partial charge on any atom is 0.295 e. The number of terminal acetylenes is 1. The van der Waals surface area contributed by atoms with Crippen LogP contribution in [-0.2, 0) is 4.79 Å². The molecule has 1 atom stereocenters. The van der Waals surface area contributed by atoms with E-state index in [1.54, 1.807) is 0 Å². The zero-order chi connectivity index (χ0) is 7.98. The third kappa shape index (κ3) is 3.10. The van der Waals surface area contributed by atoms with E-state index in [0.717, 1.165) is 0 Å². The van der Waals surface area contributed by atoms with E-state index in [2.05, 4.69) is 5.32 Å². The van der Waals surface area contributed by atoms with Gasteiger partial charge in [-0.25, -0.2) is 0 Å². The number of hydrogen-bond acceptors (Lipinski definition) is 2. The quantitative estimate of drug-likeness (QED) is 0.521. The fourth-order valence-electron chi connectivity index (χ4n) is 0.504. The predicted octanol–water partition coefficient (Wildman–Crippen LogP) is -0.493. The van der Waals surface area contributed by atoms with Gasteiger partial charge in [0.15, 0.2) is 0 Å². The lowest BCUT2D eigenvalue weighted by Crippen LogP contribution is -2.35. The average molecular weight is 141 g/mol. The van der Waals surface area contributed by atoms with Crippen LogP contribution in [0.2, 0.25) is 0 Å². The first-order valence-electron chi connectivity index (χ1n) is 3.12. The van der Waals surface area contributed by atoms with E-state index in [9.17, 15) is 4.79 Å². The molecule has 0 spiro atoms. The van der Waals surface area contributed by atoms with E-state index in [-0.39, 0.29) is 12.6 Å². The fourth-order valence-corrected chi connectivity index (χ4v) is 0.504. The molecule has 0 fully saturated rings. The van der Waals surface area contributed by atoms with Gasteiger partial charge in [-0.1, -0.05) is 6.92 Å². The molecule has 2 N–H and O–H groups in total. The third-order valence-corrected chi connectivity index (χ3v) is 1.18. The summed E-state index contributed by atoms with van der Waals surface area (Å²) < 4.78 is 0. The van der Waals surface area contributed by atoms with Crippen LogP contribution in [0.15, 0.2) is 0 Å². The molecular weight excluding hydrogens is 130 g/mol. The van der Waals surface area contributed by atoms with Crippen LogP contribution in [-0.4, -0.2) is 23.7 Å². The van der Waals surface area contributed by atoms with E-state index < -0.39 is 5.91 Å². The van der Waals surface area contributed by atoms with Crippen LogP contribution < -0.4 is 5.32 Å². The summed E-state index contributed by atoms with van der Waals surface area (Å²) in [5.74, 6) is 1.43. The minimum atomic E-state index is -0.471. The van der Waals surface area contributed by atoms with E-state index in [4.69, 9.17) is 11.5 Å². The lowest BCUT2D eigenvalue weighted by Gasteiger charge is -2.10. The van der Waals surface area contributed by atoms with Crippen molar-refractivity contribution in [2.75, 3.05) is 6.61 Å². The molecule has 0 heterocycles. The monoisotopic (exact) mass is 141 g/mol. The van der Waals surface area contributed by atoms with Crippen molar-refractivity contribution in [1.82, 2.24) is 5.32 Å². The van der Waals surface area contributed by atoms with E-state index in [0.29, 0.717) is 6.42 Å². The molecule has 0 aromatic heterocycles. The molecule has 0 saturated heterocycles. The Balaban J connectivity index is 3.65. The summed E-state index contributed by atoms with van der Waals surface area (Å²) in [6, 6.07) is -0.205. The Morgan fingerprint density at radius 1 is 1.90 bits per heavy atom. The minimum Gasteiger partial charge on any atom is -0.394 e. The maximum atomic E-state index is 10.5. The maximum absolute atomic E-state index is 10.5. The lowest BCUT2D eigenvalue weighted by molar-refractivity contribution is -0.116. The highest BCUT2D eigenvalue weighted by Crippen LogP contribution is 1.86. The van der Waals surface area contributed by atoms with Crippen LogP contribution in [0.3, 0.4) is 0 Å². The molecule has 10 heavy (non-hydrogen) atoms. The molecule has 0 aliphatic heterocycles. The number of nitrogens with one attached hydrogen (secondary N) is 1. The minimum absolute atomic E-state index is 0.0656. The van der Waals surface area contributed by atoms with Gasteiger partial charge in [0.05, 0.1) is 12.6 Å². The van der Waals surface area contributed by atoms with Gasteiger partial charge >= 0.3 is 0 Å². The Kier molecular flexibility index (Phi) is 4.34. The number of carbonyl (C=O) groups excluding carboxylic acids is 1. The van der Waals surface area contributed by atoms with Crippen LogP contribution in [0.25, 0.3) is 0 Å². The summed E-state index contributed by atoms with van der Waals surface area (Å²) in [5, 5.41) is 11.0. The van der Waals surface area contributed by atoms with Crippen molar-refractivity contribution in [3.63, 3.8) is 0 Å². The van der Waals surface area contributed by atoms with Gasteiger partial charge in [0, 0.05) is 0 Å². The topological polar surface area (TPSA) is 49.3 Å². The molecule has 0 aromatic rings. The fraction of sp³-hybridized carbons (Fsp3) is 0.571. The van der Waals surface area contributed by atoms with Crippen LogP contribution >= 0.6 is 0 Å². The molecule has 1 amide bonds. The highest BCUT2D eigenvalue weighted by molar-refractivity contribution is 5.92. The van der Waals surface area contributed by atoms with Crippen molar-refractivity contribution in [3.05, 3.63) is 0 Å². The van der Waals surface area contributed by atoms with Gasteiger partial charge < -0.3 is 10.4 Å². The van der Waals surface area contributed by atoms with Gasteiger partial charge in [-0.3, -0.25) is 4.79 Å². The number of aliphatic hydroxyl groups is 1. The molecule has 56 valence electrons. The van der Waals surface area contributed by atoms with E-state index in [1.807, 2.05) is 12.8 Å². The standard InChI is InChI=1S/C7H11NO2/c1-3-6(5-9)8-7(10)4-2/h2,6,9H,3,5H2,1H3,(H,8,10)/t6-/m0/s1. The number of rotatable bonds is 3. The van der Waals surface area contributed by atoms with Crippen LogP contribution in [0.1, 0.15) is 13.3 Å². The van der Waals surface area contributed by atoms with Gasteiger partial charge in [-0.05, 0) is 12.3 Å². The number of amides is 1. The summed E-state index contributed by atoms with van der Waals surface area (Å²) in [6.07, 6.45) is 5.47. The van der Waals surface area contributed by atoms with Gasteiger partial charge in [-0.2, -0.15) is 0 Å². The molecule has 0 bridgehead atoms. The number of hydrogen-bond donors (Lipinski definition) is 2. The zero-order valence-corrected chi connectivity index (χ0v) is 5.92. The predicted molar refractivity (Wildman–Crippen MR) is 38.1 cm³/mol. The molecule has 0 aliphatic rings. The largest absolute Gasteiger partial charge is 0.394 e. The second-order valence-corrected chi connectivity index (χ2v) is 1.91. The molecular formula is C7H11NO2. The molecule has 0 saturated carbocycles. The molecule has 0 radical (unpaired) electrons. The van der Waals surface area contributed by atoms with Gasteiger partial charge in [0.2, 0.25) is 0 Å². The van der Waals surface area contributed by atoms with Crippen LogP contribution in [0.4, 0.5) is 0 Å². The van der Waals surface area contributed by atoms with Crippen molar-refractivity contribution in [2.45, 2.75) is 19.4 Å². The Morgan fingerprint density at radius 3 is 2.80 bits per heavy atom. The molecule has 0 unspecified atom stereocenters. The first kappa shape index (κ1) is 8.99. The Labute approximate surface area is 60.4 Å². The SMILES string of the molecule is C#CC(=O)N[C@@H](CC)CO. The van der Waals surface area contributed by atoms with Crippen molar-refractivity contribution < 1.29 is 9.90 Å². The first-order chi connectivity index (χ1) is 4.74. The molecule has 0 aromatic carbocycles. The zero-order valence-electron chi connectivity index (χ0n) is 5.92. The number of aliphatic hydroxyl groups excluding tert-OH is 1. The molecule has 3 heteroatoms. The number of carbonyl (C=O) groups is 1. The molecule has 0 rings (SSSR count). The summed E-state index contributed by atoms with van der Waals surface area (Å²) in [7, 11) is 0. The molecule has 3 nitrogen and oxygen atoms in total. The summed E-state index contributed by atoms with van der Waals surface area (Å²) >= 11 is 0. The summed E-state index contributed by atoms with van der Waals surface area (Å²) in [5.41, 5.74) is 0. The second-order valence-electron chi connectivity index (χ2n) is 1.91. The Hall–Kier alpha value is -1.01. The van der Waals surface area contributed by atoms with Crippen molar-refractivity contribution in [2.24, 2.45) is 0 Å². The van der Waals surface area contributed by atoms with Crippen molar-refractivity contribution in [1.29, 1.82) is 0 Å². The third-order valence-electron chi connectivity index (χ3n) is 1.18. The van der Waals surface area contributed by atoms with Gasteiger partial charge in [0.25, 0.3) is 5.91 Å². The smallest absolute Gasteiger partial charge is 0.295 e. The van der Waals surface area contributed by atoms with E-state index in [1.165, 1.54) is 0 Å². The van der Waals surface area contributed by atoms with Gasteiger partial charge in [-0.15, -0.1) is 6.42 Å². The second kappa shape index (κ2) is 4.83. The van der Waals surface area contributed by atoms with E-state index >= 15 is 0 Å². The highest BCUT2D eigenvalue weighted by Gasteiger charge is 2.05. The summed E-state index contributed by atoms with van der Waals surface area (Å²) in [4.78, 5) is 10.5. The average Bonchev–Trinajstić information content (AvgIpc) is 1.99. The van der Waals surface area contributed by atoms with Crippen molar-refractivity contribution in [3.8, 4) is 12.3 Å². The lowest BCUT2D eigenvalue weighted by atomic mass is 10.2. The van der Waals surface area contributed by atoms with Gasteiger partial charge in [0.1, 0.15) is 0 Å². The Morgan fingerprint density at radius 2 is 2.50 bits per heavy atom. The summed E-state index contributed by atoms with van der Waals surface area (Å²) in [6.45, 7) is 1.79. The Bertz CT molecular complexity index is 144. The van der Waals surface area contributed by atoms with Crippen molar-refractivity contribution >= 4 is 5.91 Å². The molecule has 0 aliphatic carbocycles. The van der Waals surface area contributed by atoms with Crippen LogP contribution in [0.5, 0.6) is 0 Å². The van der Waals surface area contributed by atoms with Crippen LogP contribution in [0, 0.1) is 12.3 Å². The first-order valence-corrected chi connectivity index (χ1v) is 3.12. The highest BCUT2D eigenvalue weighted by atomic mass is 16.3. The normalized spacial score (nSPS) is 11.7.